The van der Waals surface area contributed by atoms with E-state index in [4.69, 9.17) is 0 Å². The molecular formula is C26H19F4NO2. The molecule has 3 nitrogen and oxygen atoms in total. The standard InChI is InChI=1S/C26H19F4NO2/c27-23-13-17(10-12-22(23)26(28,29)30)9-11-21-15-24(32)25(33)16-31(21)20-8-4-7-19(14-20)18-5-2-1-3-6-18/h1-8,10,12-16,33H,9,11H2. The maximum atomic E-state index is 13.9. The van der Waals surface area contributed by atoms with Crippen molar-refractivity contribution in [2.24, 2.45) is 0 Å². The Balaban J connectivity index is 1.67. The maximum Gasteiger partial charge on any atom is 0.419 e. The molecule has 0 aliphatic heterocycles. The van der Waals surface area contributed by atoms with Gasteiger partial charge in [-0.25, -0.2) is 4.39 Å². The van der Waals surface area contributed by atoms with Crippen molar-refractivity contribution in [1.29, 1.82) is 0 Å². The first-order chi connectivity index (χ1) is 15.7. The van der Waals surface area contributed by atoms with Crippen molar-refractivity contribution >= 4 is 0 Å². The number of hydrogen-bond acceptors (Lipinski definition) is 2. The predicted molar refractivity (Wildman–Crippen MR) is 118 cm³/mol. The zero-order valence-electron chi connectivity index (χ0n) is 17.3. The molecule has 7 heteroatoms. The van der Waals surface area contributed by atoms with Gasteiger partial charge in [0, 0.05) is 17.4 Å². The second-order valence-corrected chi connectivity index (χ2v) is 7.61. The highest BCUT2D eigenvalue weighted by atomic mass is 19.4. The van der Waals surface area contributed by atoms with Crippen LogP contribution in [0.2, 0.25) is 0 Å². The van der Waals surface area contributed by atoms with Gasteiger partial charge < -0.3 is 9.67 Å². The topological polar surface area (TPSA) is 42.2 Å². The highest BCUT2D eigenvalue weighted by Gasteiger charge is 2.33. The molecule has 0 atom stereocenters. The third-order valence-corrected chi connectivity index (χ3v) is 5.35. The molecule has 0 radical (unpaired) electrons. The molecule has 4 rings (SSSR count). The summed E-state index contributed by atoms with van der Waals surface area (Å²) in [6.07, 6.45) is -2.99. The van der Waals surface area contributed by atoms with Crippen molar-refractivity contribution in [1.82, 2.24) is 4.57 Å². The first kappa shape index (κ1) is 22.3. The molecule has 0 fully saturated rings. The molecule has 1 aromatic heterocycles. The summed E-state index contributed by atoms with van der Waals surface area (Å²) in [6, 6.07) is 21.3. The normalized spacial score (nSPS) is 11.5. The Bertz CT molecular complexity index is 1340. The van der Waals surface area contributed by atoms with Crippen LogP contribution in [-0.2, 0) is 19.0 Å². The zero-order valence-corrected chi connectivity index (χ0v) is 17.3. The smallest absolute Gasteiger partial charge is 0.419 e. The number of halogens is 4. The Hall–Kier alpha value is -3.87. The van der Waals surface area contributed by atoms with Crippen LogP contribution in [0.25, 0.3) is 16.8 Å². The first-order valence-electron chi connectivity index (χ1n) is 10.2. The lowest BCUT2D eigenvalue weighted by molar-refractivity contribution is -0.140. The highest BCUT2D eigenvalue weighted by molar-refractivity contribution is 5.66. The van der Waals surface area contributed by atoms with Gasteiger partial charge in [-0.05, 0) is 53.8 Å². The number of aromatic nitrogens is 1. The number of alkyl halides is 3. The van der Waals surface area contributed by atoms with Crippen molar-refractivity contribution in [3.63, 3.8) is 0 Å². The zero-order chi connectivity index (χ0) is 23.6. The predicted octanol–water partition coefficient (Wildman–Crippen LogP) is 6.15. The highest BCUT2D eigenvalue weighted by Crippen LogP contribution is 2.32. The summed E-state index contributed by atoms with van der Waals surface area (Å²) in [6.45, 7) is 0. The summed E-state index contributed by atoms with van der Waals surface area (Å²) < 4.78 is 54.0. The summed E-state index contributed by atoms with van der Waals surface area (Å²) in [7, 11) is 0. The maximum absolute atomic E-state index is 13.9. The number of aryl methyl sites for hydroxylation is 2. The van der Waals surface area contributed by atoms with Crippen LogP contribution in [0.3, 0.4) is 0 Å². The summed E-state index contributed by atoms with van der Waals surface area (Å²) in [4.78, 5) is 12.1. The van der Waals surface area contributed by atoms with Gasteiger partial charge in [-0.3, -0.25) is 4.79 Å². The third-order valence-electron chi connectivity index (χ3n) is 5.35. The van der Waals surface area contributed by atoms with Gasteiger partial charge in [0.05, 0.1) is 11.8 Å². The van der Waals surface area contributed by atoms with Crippen LogP contribution in [0.1, 0.15) is 16.8 Å². The van der Waals surface area contributed by atoms with E-state index in [0.29, 0.717) is 16.9 Å². The number of hydrogen-bond donors (Lipinski definition) is 1. The number of pyridine rings is 1. The van der Waals surface area contributed by atoms with E-state index in [2.05, 4.69) is 0 Å². The molecule has 0 saturated carbocycles. The minimum Gasteiger partial charge on any atom is -0.503 e. The fraction of sp³-hybridized carbons (Fsp3) is 0.115. The summed E-state index contributed by atoms with van der Waals surface area (Å²) in [5.41, 5.74) is 1.63. The Kier molecular flexibility index (Phi) is 6.05. The average molecular weight is 453 g/mol. The number of rotatable bonds is 5. The van der Waals surface area contributed by atoms with Gasteiger partial charge in [-0.2, -0.15) is 13.2 Å². The lowest BCUT2D eigenvalue weighted by atomic mass is 10.0. The molecule has 33 heavy (non-hydrogen) atoms. The minimum absolute atomic E-state index is 0.206. The molecule has 1 N–H and O–H groups in total. The van der Waals surface area contributed by atoms with Crippen LogP contribution in [-0.4, -0.2) is 9.67 Å². The molecule has 0 bridgehead atoms. The Morgan fingerprint density at radius 2 is 1.55 bits per heavy atom. The van der Waals surface area contributed by atoms with E-state index >= 15 is 0 Å². The Labute approximate surface area is 187 Å². The van der Waals surface area contributed by atoms with E-state index < -0.39 is 28.7 Å². The number of nitrogens with zero attached hydrogens (tertiary/aromatic N) is 1. The van der Waals surface area contributed by atoms with Gasteiger partial charge in [-0.15, -0.1) is 0 Å². The SMILES string of the molecule is O=c1cc(CCc2ccc(C(F)(F)F)c(F)c2)n(-c2cccc(-c3ccccc3)c2)cc1O. The van der Waals surface area contributed by atoms with Gasteiger partial charge in [0.25, 0.3) is 0 Å². The molecular weight excluding hydrogens is 434 g/mol. The van der Waals surface area contributed by atoms with Gasteiger partial charge in [0.1, 0.15) is 5.82 Å². The van der Waals surface area contributed by atoms with E-state index in [9.17, 15) is 27.5 Å². The van der Waals surface area contributed by atoms with Crippen LogP contribution in [0, 0.1) is 5.82 Å². The molecule has 0 spiro atoms. The lowest BCUT2D eigenvalue weighted by Gasteiger charge is -2.16. The summed E-state index contributed by atoms with van der Waals surface area (Å²) >= 11 is 0. The molecule has 4 aromatic rings. The second kappa shape index (κ2) is 8.94. The molecule has 0 amide bonds. The minimum atomic E-state index is -4.76. The molecule has 168 valence electrons. The first-order valence-corrected chi connectivity index (χ1v) is 10.2. The monoisotopic (exact) mass is 453 g/mol. The fourth-order valence-electron chi connectivity index (χ4n) is 3.68. The van der Waals surface area contributed by atoms with E-state index in [0.717, 1.165) is 23.3 Å². The lowest BCUT2D eigenvalue weighted by Crippen LogP contribution is -2.12. The molecule has 1 heterocycles. The largest absolute Gasteiger partial charge is 0.503 e. The van der Waals surface area contributed by atoms with E-state index in [-0.39, 0.29) is 12.8 Å². The van der Waals surface area contributed by atoms with Crippen LogP contribution >= 0.6 is 0 Å². The van der Waals surface area contributed by atoms with E-state index in [1.807, 2.05) is 54.6 Å². The molecule has 0 aliphatic rings. The van der Waals surface area contributed by atoms with Crippen molar-refractivity contribution in [2.75, 3.05) is 0 Å². The Morgan fingerprint density at radius 1 is 0.818 bits per heavy atom. The van der Waals surface area contributed by atoms with Crippen LogP contribution in [0.15, 0.2) is 89.9 Å². The third kappa shape index (κ3) is 4.98. The van der Waals surface area contributed by atoms with Gasteiger partial charge in [-0.1, -0.05) is 48.5 Å². The fourth-order valence-corrected chi connectivity index (χ4v) is 3.68. The summed E-state index contributed by atoms with van der Waals surface area (Å²) in [5.74, 6) is -1.76. The van der Waals surface area contributed by atoms with Crippen LogP contribution in [0.5, 0.6) is 5.75 Å². The van der Waals surface area contributed by atoms with Gasteiger partial charge in [0.15, 0.2) is 5.75 Å². The van der Waals surface area contributed by atoms with E-state index in [1.54, 1.807) is 4.57 Å². The summed E-state index contributed by atoms with van der Waals surface area (Å²) in [5, 5.41) is 10.0. The average Bonchev–Trinajstić information content (AvgIpc) is 2.79. The van der Waals surface area contributed by atoms with Gasteiger partial charge >= 0.3 is 6.18 Å². The molecule has 0 aliphatic carbocycles. The number of aromatic hydroxyl groups is 1. The molecule has 3 aromatic carbocycles. The molecule has 0 unspecified atom stereocenters. The van der Waals surface area contributed by atoms with Crippen molar-refractivity contribution in [3.8, 4) is 22.6 Å². The number of benzene rings is 3. The second-order valence-electron chi connectivity index (χ2n) is 7.61. The molecule has 0 saturated heterocycles. The van der Waals surface area contributed by atoms with Crippen molar-refractivity contribution in [3.05, 3.63) is 118 Å². The van der Waals surface area contributed by atoms with Gasteiger partial charge in [0.2, 0.25) is 5.43 Å². The van der Waals surface area contributed by atoms with Crippen LogP contribution < -0.4 is 5.43 Å². The van der Waals surface area contributed by atoms with E-state index in [1.165, 1.54) is 18.3 Å². The van der Waals surface area contributed by atoms with Crippen LogP contribution in [0.4, 0.5) is 17.6 Å². The van der Waals surface area contributed by atoms with Crippen molar-refractivity contribution in [2.45, 2.75) is 19.0 Å². The Morgan fingerprint density at radius 3 is 2.24 bits per heavy atom. The quantitative estimate of drug-likeness (QED) is 0.368. The van der Waals surface area contributed by atoms with Crippen molar-refractivity contribution < 1.29 is 22.7 Å².